The molecule has 108 valence electrons. The van der Waals surface area contributed by atoms with Crippen LogP contribution in [0.2, 0.25) is 0 Å². The molecule has 1 saturated heterocycles. The smallest absolute Gasteiger partial charge is 0.0823 e. The highest BCUT2D eigenvalue weighted by molar-refractivity contribution is 4.79. The number of nitrogens with zero attached hydrogens (tertiary/aromatic N) is 1. The number of hydrogen-bond donors (Lipinski definition) is 1. The van der Waals surface area contributed by atoms with Gasteiger partial charge < -0.3 is 15.4 Å². The van der Waals surface area contributed by atoms with Crippen LogP contribution in [0, 0.1) is 11.3 Å². The van der Waals surface area contributed by atoms with Gasteiger partial charge in [0.1, 0.15) is 0 Å². The fourth-order valence-corrected chi connectivity index (χ4v) is 2.92. The number of likely N-dealkylation sites (tertiary alicyclic amines) is 1. The topological polar surface area (TPSA) is 38.5 Å². The van der Waals surface area contributed by atoms with Gasteiger partial charge in [-0.05, 0) is 50.6 Å². The maximum absolute atomic E-state index is 5.76. The first-order valence-electron chi connectivity index (χ1n) is 7.51. The Labute approximate surface area is 113 Å². The minimum absolute atomic E-state index is 0.209. The lowest BCUT2D eigenvalue weighted by Gasteiger charge is -2.30. The number of nitrogens with two attached hydrogens (primary N) is 1. The number of hydrogen-bond acceptors (Lipinski definition) is 3. The third-order valence-electron chi connectivity index (χ3n) is 4.17. The summed E-state index contributed by atoms with van der Waals surface area (Å²) in [6, 6.07) is 0. The monoisotopic (exact) mass is 256 g/mol. The van der Waals surface area contributed by atoms with E-state index in [1.807, 2.05) is 6.92 Å². The van der Waals surface area contributed by atoms with Crippen molar-refractivity contribution < 1.29 is 4.74 Å². The van der Waals surface area contributed by atoms with E-state index in [0.29, 0.717) is 12.0 Å². The van der Waals surface area contributed by atoms with Crippen LogP contribution in [0.3, 0.4) is 0 Å². The van der Waals surface area contributed by atoms with Gasteiger partial charge in [-0.3, -0.25) is 0 Å². The van der Waals surface area contributed by atoms with Gasteiger partial charge >= 0.3 is 0 Å². The average molecular weight is 256 g/mol. The van der Waals surface area contributed by atoms with E-state index in [2.05, 4.69) is 25.7 Å². The second kappa shape index (κ2) is 7.46. The molecular weight excluding hydrogens is 224 g/mol. The summed E-state index contributed by atoms with van der Waals surface area (Å²) in [6.45, 7) is 14.0. The van der Waals surface area contributed by atoms with Crippen molar-refractivity contribution >= 4 is 0 Å². The summed E-state index contributed by atoms with van der Waals surface area (Å²) >= 11 is 0. The molecule has 1 aliphatic heterocycles. The number of ether oxygens (including phenoxy) is 1. The standard InChI is InChI=1S/C15H32N2O/c1-5-18-14(11-16)12-17-9-6-7-13(8-10-17)15(2,3)4/h13-14H,5-12,16H2,1-4H3. The molecule has 0 aliphatic carbocycles. The van der Waals surface area contributed by atoms with Gasteiger partial charge in [-0.2, -0.15) is 0 Å². The van der Waals surface area contributed by atoms with Gasteiger partial charge in [-0.25, -0.2) is 0 Å². The van der Waals surface area contributed by atoms with Gasteiger partial charge in [0.2, 0.25) is 0 Å². The molecular formula is C15H32N2O. The van der Waals surface area contributed by atoms with E-state index < -0.39 is 0 Å². The molecule has 1 aliphatic rings. The predicted octanol–water partition coefficient (Wildman–Crippen LogP) is 2.50. The summed E-state index contributed by atoms with van der Waals surface area (Å²) < 4.78 is 5.66. The Kier molecular flexibility index (Phi) is 6.61. The van der Waals surface area contributed by atoms with Crippen molar-refractivity contribution in [3.05, 3.63) is 0 Å². The lowest BCUT2D eigenvalue weighted by Crippen LogP contribution is -2.39. The SMILES string of the molecule is CCOC(CN)CN1CCCC(C(C)(C)C)CC1. The third-order valence-corrected chi connectivity index (χ3v) is 4.17. The van der Waals surface area contributed by atoms with E-state index in [0.717, 1.165) is 19.1 Å². The Bertz CT molecular complexity index is 225. The van der Waals surface area contributed by atoms with Crippen molar-refractivity contribution in [2.75, 3.05) is 32.8 Å². The van der Waals surface area contributed by atoms with Crippen LogP contribution in [0.5, 0.6) is 0 Å². The minimum Gasteiger partial charge on any atom is -0.376 e. The summed E-state index contributed by atoms with van der Waals surface area (Å²) in [5.74, 6) is 0.853. The summed E-state index contributed by atoms with van der Waals surface area (Å²) in [5.41, 5.74) is 6.21. The maximum atomic E-state index is 5.76. The van der Waals surface area contributed by atoms with E-state index in [9.17, 15) is 0 Å². The lowest BCUT2D eigenvalue weighted by atomic mass is 9.77. The molecule has 1 heterocycles. The van der Waals surface area contributed by atoms with E-state index in [1.54, 1.807) is 0 Å². The number of rotatable bonds is 5. The molecule has 0 aromatic carbocycles. The Hall–Kier alpha value is -0.120. The Morgan fingerprint density at radius 3 is 2.56 bits per heavy atom. The first kappa shape index (κ1) is 15.9. The van der Waals surface area contributed by atoms with Crippen molar-refractivity contribution in [1.82, 2.24) is 4.90 Å². The van der Waals surface area contributed by atoms with Gasteiger partial charge in [0, 0.05) is 19.7 Å². The second-order valence-corrected chi connectivity index (χ2v) is 6.61. The zero-order valence-corrected chi connectivity index (χ0v) is 12.7. The highest BCUT2D eigenvalue weighted by Crippen LogP contribution is 2.34. The molecule has 18 heavy (non-hydrogen) atoms. The van der Waals surface area contributed by atoms with Crippen LogP contribution in [0.25, 0.3) is 0 Å². The first-order chi connectivity index (χ1) is 8.47. The molecule has 3 heteroatoms. The molecule has 2 atom stereocenters. The van der Waals surface area contributed by atoms with Crippen molar-refractivity contribution in [3.8, 4) is 0 Å². The molecule has 1 fully saturated rings. The lowest BCUT2D eigenvalue weighted by molar-refractivity contribution is 0.0393. The zero-order chi connectivity index (χ0) is 13.6. The van der Waals surface area contributed by atoms with Crippen LogP contribution < -0.4 is 5.73 Å². The highest BCUT2D eigenvalue weighted by atomic mass is 16.5. The third kappa shape index (κ3) is 5.25. The molecule has 0 amide bonds. The fraction of sp³-hybridized carbons (Fsp3) is 1.00. The van der Waals surface area contributed by atoms with Crippen molar-refractivity contribution in [1.29, 1.82) is 0 Å². The maximum Gasteiger partial charge on any atom is 0.0823 e. The zero-order valence-electron chi connectivity index (χ0n) is 12.7. The summed E-state index contributed by atoms with van der Waals surface area (Å²) in [6.07, 6.45) is 4.20. The van der Waals surface area contributed by atoms with Gasteiger partial charge in [-0.1, -0.05) is 20.8 Å². The molecule has 0 saturated carbocycles. The summed E-state index contributed by atoms with van der Waals surface area (Å²) in [5, 5.41) is 0. The Morgan fingerprint density at radius 1 is 1.28 bits per heavy atom. The quantitative estimate of drug-likeness (QED) is 0.821. The largest absolute Gasteiger partial charge is 0.376 e. The molecule has 0 aromatic heterocycles. The Morgan fingerprint density at radius 2 is 2.00 bits per heavy atom. The average Bonchev–Trinajstić information content (AvgIpc) is 2.53. The van der Waals surface area contributed by atoms with E-state index in [-0.39, 0.29) is 6.10 Å². The van der Waals surface area contributed by atoms with Crippen LogP contribution in [0.15, 0.2) is 0 Å². The van der Waals surface area contributed by atoms with Crippen LogP contribution >= 0.6 is 0 Å². The molecule has 0 bridgehead atoms. The highest BCUT2D eigenvalue weighted by Gasteiger charge is 2.27. The van der Waals surface area contributed by atoms with E-state index >= 15 is 0 Å². The van der Waals surface area contributed by atoms with Crippen LogP contribution in [-0.2, 0) is 4.74 Å². The van der Waals surface area contributed by atoms with Gasteiger partial charge in [0.25, 0.3) is 0 Å². The van der Waals surface area contributed by atoms with Crippen LogP contribution in [0.1, 0.15) is 47.0 Å². The molecule has 1 rings (SSSR count). The van der Waals surface area contributed by atoms with Crippen molar-refractivity contribution in [2.45, 2.75) is 53.1 Å². The normalized spacial score (nSPS) is 24.8. The summed E-state index contributed by atoms with van der Waals surface area (Å²) in [4.78, 5) is 2.54. The molecule has 2 N–H and O–H groups in total. The molecule has 2 unspecified atom stereocenters. The van der Waals surface area contributed by atoms with Crippen LogP contribution in [-0.4, -0.2) is 43.8 Å². The van der Waals surface area contributed by atoms with E-state index in [1.165, 1.54) is 32.4 Å². The molecule has 0 spiro atoms. The predicted molar refractivity (Wildman–Crippen MR) is 77.7 cm³/mol. The summed E-state index contributed by atoms with van der Waals surface area (Å²) in [7, 11) is 0. The van der Waals surface area contributed by atoms with Gasteiger partial charge in [0.05, 0.1) is 6.10 Å². The van der Waals surface area contributed by atoms with Gasteiger partial charge in [0.15, 0.2) is 0 Å². The minimum atomic E-state index is 0.209. The first-order valence-corrected chi connectivity index (χ1v) is 7.51. The van der Waals surface area contributed by atoms with E-state index in [4.69, 9.17) is 10.5 Å². The Balaban J connectivity index is 2.41. The van der Waals surface area contributed by atoms with Crippen molar-refractivity contribution in [2.24, 2.45) is 17.1 Å². The molecule has 3 nitrogen and oxygen atoms in total. The fourth-order valence-electron chi connectivity index (χ4n) is 2.92. The second-order valence-electron chi connectivity index (χ2n) is 6.61. The van der Waals surface area contributed by atoms with Crippen molar-refractivity contribution in [3.63, 3.8) is 0 Å². The van der Waals surface area contributed by atoms with Gasteiger partial charge in [-0.15, -0.1) is 0 Å². The molecule has 0 aromatic rings. The van der Waals surface area contributed by atoms with Crippen LogP contribution in [0.4, 0.5) is 0 Å². The molecule has 0 radical (unpaired) electrons.